The van der Waals surface area contributed by atoms with Gasteiger partial charge in [-0.1, -0.05) is 33.1 Å². The van der Waals surface area contributed by atoms with Gasteiger partial charge in [0, 0.05) is 6.04 Å². The summed E-state index contributed by atoms with van der Waals surface area (Å²) >= 11 is 0. The largest absolute Gasteiger partial charge is 0.314 e. The lowest BCUT2D eigenvalue weighted by molar-refractivity contribution is 0.201. The first-order valence-electron chi connectivity index (χ1n) is 7.04. The van der Waals surface area contributed by atoms with E-state index in [-0.39, 0.29) is 0 Å². The van der Waals surface area contributed by atoms with Gasteiger partial charge in [0.25, 0.3) is 0 Å². The maximum Gasteiger partial charge on any atom is 0.00819 e. The van der Waals surface area contributed by atoms with Crippen LogP contribution in [0.2, 0.25) is 0 Å². The average molecular weight is 209 g/mol. The highest BCUT2D eigenvalue weighted by atomic mass is 15.0. The highest BCUT2D eigenvalue weighted by molar-refractivity contribution is 4.99. The summed E-state index contributed by atoms with van der Waals surface area (Å²) < 4.78 is 0. The van der Waals surface area contributed by atoms with Gasteiger partial charge >= 0.3 is 0 Å². The smallest absolute Gasteiger partial charge is 0.00819 e. The molecule has 0 amide bonds. The van der Waals surface area contributed by atoms with Crippen LogP contribution in [0.1, 0.15) is 65.2 Å². The summed E-state index contributed by atoms with van der Waals surface area (Å²) in [6.07, 6.45) is 11.7. The fourth-order valence-corrected chi connectivity index (χ4v) is 3.23. The minimum atomic E-state index is 0.784. The maximum absolute atomic E-state index is 3.58. The molecule has 2 aliphatic rings. The Labute approximate surface area is 95.0 Å². The van der Waals surface area contributed by atoms with E-state index in [2.05, 4.69) is 19.2 Å². The van der Waals surface area contributed by atoms with Crippen molar-refractivity contribution in [1.29, 1.82) is 0 Å². The lowest BCUT2D eigenvalue weighted by Gasteiger charge is -2.35. The zero-order chi connectivity index (χ0) is 10.7. The van der Waals surface area contributed by atoms with Crippen LogP contribution in [0.3, 0.4) is 0 Å². The molecule has 1 aliphatic heterocycles. The van der Waals surface area contributed by atoms with Crippen LogP contribution >= 0.6 is 0 Å². The molecule has 2 atom stereocenters. The fraction of sp³-hybridized carbons (Fsp3) is 1.00. The number of rotatable bonds is 7. The van der Waals surface area contributed by atoms with Crippen molar-refractivity contribution >= 4 is 0 Å². The van der Waals surface area contributed by atoms with Crippen molar-refractivity contribution in [2.45, 2.75) is 71.3 Å². The normalized spacial score (nSPS) is 29.6. The molecule has 1 heteroatoms. The minimum Gasteiger partial charge on any atom is -0.314 e. The molecule has 1 saturated carbocycles. The highest BCUT2D eigenvalue weighted by Gasteiger charge is 2.47. The second-order valence-corrected chi connectivity index (χ2v) is 5.73. The third kappa shape index (κ3) is 2.55. The molecule has 1 N–H and O–H groups in total. The van der Waals surface area contributed by atoms with Gasteiger partial charge in [-0.25, -0.2) is 0 Å². The predicted octanol–water partition coefficient (Wildman–Crippen LogP) is 3.74. The molecule has 0 bridgehead atoms. The van der Waals surface area contributed by atoms with Crippen LogP contribution < -0.4 is 5.32 Å². The molecule has 1 nitrogen and oxygen atoms in total. The number of hydrogen-bond acceptors (Lipinski definition) is 1. The van der Waals surface area contributed by atoms with Gasteiger partial charge in [-0.2, -0.15) is 0 Å². The number of unbranched alkanes of at least 4 members (excludes halogenated alkanes) is 1. The maximum atomic E-state index is 3.58. The number of nitrogens with one attached hydrogen (secondary N) is 1. The van der Waals surface area contributed by atoms with E-state index < -0.39 is 0 Å². The van der Waals surface area contributed by atoms with E-state index in [1.807, 2.05) is 0 Å². The Kier molecular flexibility index (Phi) is 3.71. The Morgan fingerprint density at radius 1 is 1.33 bits per heavy atom. The van der Waals surface area contributed by atoms with Crippen LogP contribution in [0.4, 0.5) is 0 Å². The molecule has 0 spiro atoms. The molecule has 1 heterocycles. The molecule has 0 aromatic carbocycles. The van der Waals surface area contributed by atoms with Crippen molar-refractivity contribution < 1.29 is 0 Å². The van der Waals surface area contributed by atoms with E-state index in [9.17, 15) is 0 Å². The summed E-state index contributed by atoms with van der Waals surface area (Å²) in [5.74, 6) is 1.03. The second-order valence-electron chi connectivity index (χ2n) is 5.73. The van der Waals surface area contributed by atoms with Crippen molar-refractivity contribution in [3.8, 4) is 0 Å². The summed E-state index contributed by atoms with van der Waals surface area (Å²) in [6.45, 7) is 5.99. The molecule has 1 saturated heterocycles. The average Bonchev–Trinajstić information content (AvgIpc) is 2.96. The fourth-order valence-electron chi connectivity index (χ4n) is 3.23. The monoisotopic (exact) mass is 209 g/mol. The van der Waals surface area contributed by atoms with Crippen molar-refractivity contribution in [2.75, 3.05) is 6.54 Å². The first kappa shape index (κ1) is 11.4. The van der Waals surface area contributed by atoms with E-state index in [1.165, 1.54) is 57.9 Å². The van der Waals surface area contributed by atoms with Gasteiger partial charge in [0.05, 0.1) is 0 Å². The third-order valence-corrected chi connectivity index (χ3v) is 4.86. The topological polar surface area (TPSA) is 12.0 Å². The van der Waals surface area contributed by atoms with Crippen molar-refractivity contribution in [1.82, 2.24) is 5.32 Å². The third-order valence-electron chi connectivity index (χ3n) is 4.86. The molecule has 0 radical (unpaired) electrons. The van der Waals surface area contributed by atoms with Crippen molar-refractivity contribution in [3.05, 3.63) is 0 Å². The summed E-state index contributed by atoms with van der Waals surface area (Å²) in [6, 6.07) is 0.871. The zero-order valence-electron chi connectivity index (χ0n) is 10.5. The molecular weight excluding hydrogens is 182 g/mol. The standard InChI is InChI=1S/C14H27N/c1-3-5-6-12(11-13-7-10-15-13)14(4-2)8-9-14/h12-13,15H,3-11H2,1-2H3. The van der Waals surface area contributed by atoms with Gasteiger partial charge in [0.1, 0.15) is 0 Å². The molecule has 2 rings (SSSR count). The quantitative estimate of drug-likeness (QED) is 0.673. The van der Waals surface area contributed by atoms with Crippen molar-refractivity contribution in [2.24, 2.45) is 11.3 Å². The van der Waals surface area contributed by atoms with Crippen LogP contribution in [-0.2, 0) is 0 Å². The summed E-state index contributed by atoms with van der Waals surface area (Å²) in [7, 11) is 0. The molecule has 1 aliphatic carbocycles. The Balaban J connectivity index is 1.83. The van der Waals surface area contributed by atoms with Crippen LogP contribution in [0.15, 0.2) is 0 Å². The molecule has 88 valence electrons. The Morgan fingerprint density at radius 2 is 2.07 bits per heavy atom. The van der Waals surface area contributed by atoms with E-state index in [1.54, 1.807) is 0 Å². The van der Waals surface area contributed by atoms with Gasteiger partial charge in [-0.05, 0) is 50.0 Å². The summed E-state index contributed by atoms with van der Waals surface area (Å²) in [5.41, 5.74) is 0.784. The SMILES string of the molecule is CCCCC(CC1CCN1)C1(CC)CC1. The zero-order valence-corrected chi connectivity index (χ0v) is 10.5. The van der Waals surface area contributed by atoms with E-state index in [0.717, 1.165) is 17.4 Å². The van der Waals surface area contributed by atoms with Crippen LogP contribution in [0, 0.1) is 11.3 Å². The van der Waals surface area contributed by atoms with Crippen molar-refractivity contribution in [3.63, 3.8) is 0 Å². The van der Waals surface area contributed by atoms with Gasteiger partial charge in [0.2, 0.25) is 0 Å². The molecule has 0 aromatic rings. The lowest BCUT2D eigenvalue weighted by atomic mass is 9.77. The van der Waals surface area contributed by atoms with E-state index in [4.69, 9.17) is 0 Å². The first-order chi connectivity index (χ1) is 7.30. The number of hydrogen-bond donors (Lipinski definition) is 1. The van der Waals surface area contributed by atoms with Gasteiger partial charge in [-0.3, -0.25) is 0 Å². The first-order valence-corrected chi connectivity index (χ1v) is 7.04. The van der Waals surface area contributed by atoms with Crippen LogP contribution in [0.5, 0.6) is 0 Å². The lowest BCUT2D eigenvalue weighted by Crippen LogP contribution is -2.44. The summed E-state index contributed by atoms with van der Waals surface area (Å²) in [5, 5.41) is 3.58. The Morgan fingerprint density at radius 3 is 2.47 bits per heavy atom. The molecule has 2 unspecified atom stereocenters. The summed E-state index contributed by atoms with van der Waals surface area (Å²) in [4.78, 5) is 0. The molecule has 2 fully saturated rings. The van der Waals surface area contributed by atoms with E-state index >= 15 is 0 Å². The van der Waals surface area contributed by atoms with Gasteiger partial charge in [0.15, 0.2) is 0 Å². The minimum absolute atomic E-state index is 0.784. The van der Waals surface area contributed by atoms with Crippen LogP contribution in [-0.4, -0.2) is 12.6 Å². The van der Waals surface area contributed by atoms with Crippen LogP contribution in [0.25, 0.3) is 0 Å². The Bertz CT molecular complexity index is 192. The highest BCUT2D eigenvalue weighted by Crippen LogP contribution is 2.57. The van der Waals surface area contributed by atoms with Gasteiger partial charge < -0.3 is 5.32 Å². The predicted molar refractivity (Wildman–Crippen MR) is 66.0 cm³/mol. The Hall–Kier alpha value is -0.0400. The van der Waals surface area contributed by atoms with Gasteiger partial charge in [-0.15, -0.1) is 0 Å². The van der Waals surface area contributed by atoms with E-state index in [0.29, 0.717) is 0 Å². The molecule has 15 heavy (non-hydrogen) atoms. The second kappa shape index (κ2) is 4.86. The molecular formula is C14H27N. The molecule has 0 aromatic heterocycles.